The molecule has 1 saturated heterocycles. The highest BCUT2D eigenvalue weighted by Gasteiger charge is 2.28. The first-order chi connectivity index (χ1) is 6.66. The highest BCUT2D eigenvalue weighted by atomic mass is 127. The Balaban J connectivity index is 2.27. The quantitative estimate of drug-likeness (QED) is 0.779. The predicted molar refractivity (Wildman–Crippen MR) is 61.9 cm³/mol. The van der Waals surface area contributed by atoms with Gasteiger partial charge in [-0.25, -0.2) is 4.98 Å². The minimum absolute atomic E-state index is 0.0535. The van der Waals surface area contributed by atoms with E-state index in [4.69, 9.17) is 5.73 Å². The number of rotatable bonds is 1. The second-order valence-corrected chi connectivity index (χ2v) is 4.55. The van der Waals surface area contributed by atoms with Crippen molar-refractivity contribution in [1.82, 2.24) is 4.98 Å². The van der Waals surface area contributed by atoms with Crippen LogP contribution in [0.3, 0.4) is 0 Å². The molecule has 1 aliphatic rings. The summed E-state index contributed by atoms with van der Waals surface area (Å²) < 4.78 is 1.07. The minimum atomic E-state index is -0.0535. The van der Waals surface area contributed by atoms with Crippen molar-refractivity contribution in [1.29, 1.82) is 0 Å². The molecular weight excluding hydrogens is 293 g/mol. The fourth-order valence-corrected chi connectivity index (χ4v) is 1.94. The molecule has 1 aromatic heterocycles. The van der Waals surface area contributed by atoms with Crippen molar-refractivity contribution < 1.29 is 4.79 Å². The van der Waals surface area contributed by atoms with E-state index in [0.29, 0.717) is 18.8 Å². The second kappa shape index (κ2) is 3.82. The van der Waals surface area contributed by atoms with Crippen LogP contribution in [-0.2, 0) is 4.79 Å². The number of hydrogen-bond donors (Lipinski definition) is 1. The highest BCUT2D eigenvalue weighted by Crippen LogP contribution is 2.19. The maximum Gasteiger partial charge on any atom is 0.229 e. The van der Waals surface area contributed by atoms with E-state index >= 15 is 0 Å². The number of pyridine rings is 1. The molecule has 1 amide bonds. The van der Waals surface area contributed by atoms with Crippen molar-refractivity contribution in [3.05, 3.63) is 21.9 Å². The summed E-state index contributed by atoms with van der Waals surface area (Å²) in [4.78, 5) is 17.3. The molecule has 2 rings (SSSR count). The molecule has 14 heavy (non-hydrogen) atoms. The van der Waals surface area contributed by atoms with Gasteiger partial charge in [0.2, 0.25) is 5.91 Å². The lowest BCUT2D eigenvalue weighted by Crippen LogP contribution is -2.28. The molecule has 1 unspecified atom stereocenters. The standard InChI is InChI=1S/C9H10IN3O/c10-6-1-2-12-8(3-6)13-5-7(11)4-9(13)14/h1-3,7H,4-5,11H2. The van der Waals surface area contributed by atoms with E-state index in [9.17, 15) is 4.79 Å². The molecule has 74 valence electrons. The summed E-state index contributed by atoms with van der Waals surface area (Å²) in [7, 11) is 0. The van der Waals surface area contributed by atoms with E-state index in [-0.39, 0.29) is 11.9 Å². The highest BCUT2D eigenvalue weighted by molar-refractivity contribution is 14.1. The number of carbonyl (C=O) groups is 1. The lowest BCUT2D eigenvalue weighted by molar-refractivity contribution is -0.117. The van der Waals surface area contributed by atoms with Crippen LogP contribution in [0.15, 0.2) is 18.3 Å². The molecule has 5 heteroatoms. The largest absolute Gasteiger partial charge is 0.326 e. The molecule has 4 nitrogen and oxygen atoms in total. The molecule has 0 aromatic carbocycles. The van der Waals surface area contributed by atoms with Crippen molar-refractivity contribution in [2.45, 2.75) is 12.5 Å². The Morgan fingerprint density at radius 2 is 2.43 bits per heavy atom. The van der Waals surface area contributed by atoms with Gasteiger partial charge in [-0.2, -0.15) is 0 Å². The van der Waals surface area contributed by atoms with Crippen molar-refractivity contribution in [2.24, 2.45) is 5.73 Å². The topological polar surface area (TPSA) is 59.2 Å². The maximum atomic E-state index is 11.5. The Bertz CT molecular complexity index is 369. The zero-order chi connectivity index (χ0) is 10.1. The van der Waals surface area contributed by atoms with Crippen molar-refractivity contribution in [2.75, 3.05) is 11.4 Å². The number of carbonyl (C=O) groups excluding carboxylic acids is 1. The smallest absolute Gasteiger partial charge is 0.229 e. The number of nitrogens with two attached hydrogens (primary N) is 1. The van der Waals surface area contributed by atoms with Crippen LogP contribution in [0.2, 0.25) is 0 Å². The first-order valence-electron chi connectivity index (χ1n) is 4.34. The van der Waals surface area contributed by atoms with Gasteiger partial charge in [-0.3, -0.25) is 9.69 Å². The minimum Gasteiger partial charge on any atom is -0.326 e. The summed E-state index contributed by atoms with van der Waals surface area (Å²) >= 11 is 2.19. The van der Waals surface area contributed by atoms with Crippen LogP contribution < -0.4 is 10.6 Å². The van der Waals surface area contributed by atoms with Gasteiger partial charge in [0.05, 0.1) is 0 Å². The Kier molecular flexibility index (Phi) is 2.69. The Labute approximate surface area is 95.6 Å². The Hall–Kier alpha value is -0.690. The van der Waals surface area contributed by atoms with Gasteiger partial charge in [0.15, 0.2) is 0 Å². The zero-order valence-electron chi connectivity index (χ0n) is 7.48. The average Bonchev–Trinajstić information content (AvgIpc) is 2.45. The summed E-state index contributed by atoms with van der Waals surface area (Å²) in [6.45, 7) is 0.575. The first-order valence-corrected chi connectivity index (χ1v) is 5.42. The Morgan fingerprint density at radius 1 is 1.64 bits per heavy atom. The SMILES string of the molecule is NC1CC(=O)N(c2cc(I)ccn2)C1. The molecule has 2 heterocycles. The van der Waals surface area contributed by atoms with Gasteiger partial charge in [0, 0.05) is 28.8 Å². The maximum absolute atomic E-state index is 11.5. The van der Waals surface area contributed by atoms with E-state index in [1.54, 1.807) is 11.1 Å². The van der Waals surface area contributed by atoms with Crippen LogP contribution in [0.4, 0.5) is 5.82 Å². The third kappa shape index (κ3) is 1.88. The van der Waals surface area contributed by atoms with Crippen LogP contribution in [-0.4, -0.2) is 23.5 Å². The molecular formula is C9H10IN3O. The van der Waals surface area contributed by atoms with Gasteiger partial charge >= 0.3 is 0 Å². The molecule has 0 saturated carbocycles. The van der Waals surface area contributed by atoms with E-state index in [2.05, 4.69) is 27.6 Å². The molecule has 1 atom stereocenters. The van der Waals surface area contributed by atoms with Gasteiger partial charge in [-0.15, -0.1) is 0 Å². The summed E-state index contributed by atoms with van der Waals surface area (Å²) in [6.07, 6.45) is 2.13. The molecule has 1 aliphatic heterocycles. The van der Waals surface area contributed by atoms with Crippen LogP contribution in [0.5, 0.6) is 0 Å². The van der Waals surface area contributed by atoms with E-state index in [0.717, 1.165) is 3.57 Å². The van der Waals surface area contributed by atoms with Gasteiger partial charge in [0.1, 0.15) is 5.82 Å². The third-order valence-electron chi connectivity index (χ3n) is 2.14. The second-order valence-electron chi connectivity index (χ2n) is 3.30. The first kappa shape index (κ1) is 9.85. The number of hydrogen-bond acceptors (Lipinski definition) is 3. The third-order valence-corrected chi connectivity index (χ3v) is 2.81. The van der Waals surface area contributed by atoms with Gasteiger partial charge in [-0.1, -0.05) is 0 Å². The van der Waals surface area contributed by atoms with E-state index < -0.39 is 0 Å². The van der Waals surface area contributed by atoms with E-state index in [1.807, 2.05) is 12.1 Å². The van der Waals surface area contributed by atoms with Crippen LogP contribution in [0.1, 0.15) is 6.42 Å². The van der Waals surface area contributed by atoms with Crippen molar-refractivity contribution in [3.63, 3.8) is 0 Å². The predicted octanol–water partition coefficient (Wildman–Crippen LogP) is 0.750. The monoisotopic (exact) mass is 303 g/mol. The molecule has 0 bridgehead atoms. The lowest BCUT2D eigenvalue weighted by atomic mass is 10.3. The number of halogens is 1. The molecule has 0 aliphatic carbocycles. The van der Waals surface area contributed by atoms with E-state index in [1.165, 1.54) is 0 Å². The zero-order valence-corrected chi connectivity index (χ0v) is 9.64. The number of aromatic nitrogens is 1. The molecule has 2 N–H and O–H groups in total. The van der Waals surface area contributed by atoms with Gasteiger partial charge < -0.3 is 5.73 Å². The lowest BCUT2D eigenvalue weighted by Gasteiger charge is -2.14. The molecule has 0 spiro atoms. The van der Waals surface area contributed by atoms with Gasteiger partial charge in [-0.05, 0) is 34.7 Å². The average molecular weight is 303 g/mol. The van der Waals surface area contributed by atoms with Crippen molar-refractivity contribution in [3.8, 4) is 0 Å². The summed E-state index contributed by atoms with van der Waals surface area (Å²) in [6, 6.07) is 3.73. The summed E-state index contributed by atoms with van der Waals surface area (Å²) in [5.41, 5.74) is 5.70. The molecule has 1 fully saturated rings. The normalized spacial score (nSPS) is 21.7. The van der Waals surface area contributed by atoms with Crippen molar-refractivity contribution >= 4 is 34.3 Å². The fourth-order valence-electron chi connectivity index (χ4n) is 1.50. The van der Waals surface area contributed by atoms with Crippen LogP contribution in [0, 0.1) is 3.57 Å². The molecule has 1 aromatic rings. The van der Waals surface area contributed by atoms with Gasteiger partial charge in [0.25, 0.3) is 0 Å². The number of amides is 1. The fraction of sp³-hybridized carbons (Fsp3) is 0.333. The van der Waals surface area contributed by atoms with Crippen LogP contribution in [0.25, 0.3) is 0 Å². The summed E-state index contributed by atoms with van der Waals surface area (Å²) in [5, 5.41) is 0. The summed E-state index contributed by atoms with van der Waals surface area (Å²) in [5.74, 6) is 0.766. The molecule has 0 radical (unpaired) electrons. The number of anilines is 1. The van der Waals surface area contributed by atoms with Crippen LogP contribution >= 0.6 is 22.6 Å². The number of nitrogens with zero attached hydrogens (tertiary/aromatic N) is 2. The Morgan fingerprint density at radius 3 is 3.00 bits per heavy atom.